The molecule has 1 amide bonds. The van der Waals surface area contributed by atoms with Crippen LogP contribution in [-0.4, -0.2) is 82.0 Å². The van der Waals surface area contributed by atoms with Crippen LogP contribution >= 0.6 is 0 Å². The molecule has 2 saturated heterocycles. The fraction of sp³-hybridized carbons (Fsp3) is 0.850. The van der Waals surface area contributed by atoms with Gasteiger partial charge in [-0.25, -0.2) is 0 Å². The van der Waals surface area contributed by atoms with Crippen LogP contribution in [-0.2, 0) is 14.2 Å². The van der Waals surface area contributed by atoms with E-state index in [-0.39, 0.29) is 40.5 Å². The van der Waals surface area contributed by atoms with Gasteiger partial charge in [0, 0.05) is 24.5 Å². The monoisotopic (exact) mass is 664 g/mol. The predicted octanol–water partition coefficient (Wildman–Crippen LogP) is 6.24. The molecular weight excluding hydrogens is 604 g/mol. The summed E-state index contributed by atoms with van der Waals surface area (Å²) in [7, 11) is 0. The number of fused-ring (bicyclic) bond motifs is 4. The minimum Gasteiger partial charge on any atom is -0.388 e. The van der Waals surface area contributed by atoms with E-state index >= 15 is 0 Å². The van der Waals surface area contributed by atoms with Crippen molar-refractivity contribution in [3.8, 4) is 0 Å². The summed E-state index contributed by atoms with van der Waals surface area (Å²) in [4.78, 5) is 19.1. The van der Waals surface area contributed by atoms with Crippen molar-refractivity contribution < 1.29 is 29.2 Å². The van der Waals surface area contributed by atoms with E-state index < -0.39 is 18.0 Å². The van der Waals surface area contributed by atoms with E-state index in [9.17, 15) is 15.0 Å². The highest BCUT2D eigenvalue weighted by Gasteiger charge is 2.83. The Morgan fingerprint density at radius 3 is 2.48 bits per heavy atom. The third-order valence-corrected chi connectivity index (χ3v) is 16.3. The van der Waals surface area contributed by atoms with Crippen LogP contribution in [0.1, 0.15) is 117 Å². The Kier molecular flexibility index (Phi) is 7.66. The zero-order chi connectivity index (χ0) is 34.1. The van der Waals surface area contributed by atoms with E-state index in [0.717, 1.165) is 19.3 Å². The summed E-state index contributed by atoms with van der Waals surface area (Å²) < 4.78 is 19.8. The first-order valence-corrected chi connectivity index (χ1v) is 19.1. The summed E-state index contributed by atoms with van der Waals surface area (Å²) in [6.07, 6.45) is 12.6. The number of amides is 1. The Balaban J connectivity index is 0.986. The number of carbonyl (C=O) groups is 1. The lowest BCUT2D eigenvalue weighted by Gasteiger charge is -2.63. The fourth-order valence-electron chi connectivity index (χ4n) is 14.0. The molecule has 0 radical (unpaired) electrons. The lowest BCUT2D eigenvalue weighted by Crippen LogP contribution is -2.59. The molecule has 5 aliphatic carbocycles. The third-order valence-electron chi connectivity index (χ3n) is 16.3. The van der Waals surface area contributed by atoms with E-state index in [0.29, 0.717) is 59.8 Å². The number of aromatic nitrogens is 1. The minimum atomic E-state index is -1.17. The van der Waals surface area contributed by atoms with Crippen molar-refractivity contribution in [2.24, 2.45) is 50.7 Å². The molecule has 7 fully saturated rings. The summed E-state index contributed by atoms with van der Waals surface area (Å²) >= 11 is 0. The molecule has 8 rings (SSSR count). The topological polar surface area (TPSA) is 101 Å². The molecule has 8 heteroatoms. The molecule has 1 aromatic rings. The van der Waals surface area contributed by atoms with Gasteiger partial charge in [-0.15, -0.1) is 0 Å². The number of pyridine rings is 1. The second-order valence-electron chi connectivity index (χ2n) is 19.0. The number of rotatable bonds is 5. The molecule has 2 N–H and O–H groups in total. The largest absolute Gasteiger partial charge is 0.388 e. The van der Waals surface area contributed by atoms with Gasteiger partial charge >= 0.3 is 0 Å². The second-order valence-corrected chi connectivity index (χ2v) is 19.0. The number of hydrogen-bond donors (Lipinski definition) is 2. The number of hydrogen-bond acceptors (Lipinski definition) is 7. The maximum atomic E-state index is 13.2. The van der Waals surface area contributed by atoms with Crippen molar-refractivity contribution in [2.75, 3.05) is 19.7 Å². The molecule has 0 aromatic carbocycles. The summed E-state index contributed by atoms with van der Waals surface area (Å²) in [5, 5.41) is 21.7. The number of ether oxygens (including phenoxy) is 3. The van der Waals surface area contributed by atoms with Gasteiger partial charge in [0.2, 0.25) is 0 Å². The van der Waals surface area contributed by atoms with Crippen LogP contribution in [0.2, 0.25) is 0 Å². The van der Waals surface area contributed by atoms with E-state index in [1.165, 1.54) is 38.5 Å². The van der Waals surface area contributed by atoms with Crippen molar-refractivity contribution in [2.45, 2.75) is 143 Å². The first kappa shape index (κ1) is 33.6. The fourth-order valence-corrected chi connectivity index (χ4v) is 14.0. The molecule has 0 bridgehead atoms. The lowest BCUT2D eigenvalue weighted by atomic mass is 9.41. The van der Waals surface area contributed by atoms with Crippen LogP contribution in [0.3, 0.4) is 0 Å². The van der Waals surface area contributed by atoms with Gasteiger partial charge in [-0.2, -0.15) is 0 Å². The Morgan fingerprint density at radius 2 is 1.75 bits per heavy atom. The Morgan fingerprint density at radius 1 is 1.04 bits per heavy atom. The number of aliphatic hydroxyl groups excluding tert-OH is 1. The quantitative estimate of drug-likeness (QED) is 0.385. The summed E-state index contributed by atoms with van der Waals surface area (Å²) in [5.41, 5.74) is 0.737. The SMILES string of the molecule is C[C@@H]1CC([C@H](O)C(C)(C)O)OC2C[C@@]3(C)[C@@H]4CCC5C(C)(C)[C@@H](OC6CN(C(=O)c7ccncc7)CCO6)CC[C@@]56C[C@@]46CC[C@]3(C)C21. The highest BCUT2D eigenvalue weighted by molar-refractivity contribution is 5.94. The van der Waals surface area contributed by atoms with Gasteiger partial charge < -0.3 is 29.3 Å². The molecule has 2 spiro atoms. The van der Waals surface area contributed by atoms with E-state index in [2.05, 4.69) is 39.6 Å². The standard InChI is InChI=1S/C40H60N2O6/c1-24-20-26(33(43)36(4,5)45)47-27-21-38(7)29-9-8-28-35(2,3)30(10-13-39(28)23-40(29,39)15-14-37(38,6)32(24)27)48-31-22-42(18-19-46-31)34(44)25-11-16-41-17-12-25/h11-12,16-17,24,26-33,43,45H,8-10,13-15,18-23H2,1-7H3/t24-,26?,27?,28?,29+,30+,31?,32?,33+,37-,38+,39-,40+/m1/s1. The van der Waals surface area contributed by atoms with E-state index in [1.807, 2.05) is 4.90 Å². The Bertz CT molecular complexity index is 1410. The molecule has 8 nitrogen and oxygen atoms in total. The second kappa shape index (κ2) is 11.0. The van der Waals surface area contributed by atoms with Crippen LogP contribution in [0.4, 0.5) is 0 Å². The van der Waals surface area contributed by atoms with Crippen molar-refractivity contribution >= 4 is 5.91 Å². The average Bonchev–Trinajstić information content (AvgIpc) is 3.64. The summed E-state index contributed by atoms with van der Waals surface area (Å²) in [6, 6.07) is 3.55. The zero-order valence-electron chi connectivity index (χ0n) is 30.4. The van der Waals surface area contributed by atoms with E-state index in [4.69, 9.17) is 14.2 Å². The predicted molar refractivity (Wildman–Crippen MR) is 182 cm³/mol. The number of aliphatic hydroxyl groups is 2. The van der Waals surface area contributed by atoms with Gasteiger partial charge in [-0.05, 0) is 135 Å². The number of morpholine rings is 1. The van der Waals surface area contributed by atoms with E-state index in [1.54, 1.807) is 38.4 Å². The van der Waals surface area contributed by atoms with Gasteiger partial charge in [-0.3, -0.25) is 9.78 Å². The van der Waals surface area contributed by atoms with Crippen molar-refractivity contribution in [1.82, 2.24) is 9.88 Å². The lowest BCUT2D eigenvalue weighted by molar-refractivity contribution is -0.244. The highest BCUT2D eigenvalue weighted by atomic mass is 16.7. The van der Waals surface area contributed by atoms with Crippen molar-refractivity contribution in [1.29, 1.82) is 0 Å². The average molecular weight is 665 g/mol. The molecule has 48 heavy (non-hydrogen) atoms. The van der Waals surface area contributed by atoms with Crippen LogP contribution < -0.4 is 0 Å². The minimum absolute atomic E-state index is 0.0164. The Hall–Kier alpha value is -1.58. The van der Waals surface area contributed by atoms with Crippen molar-refractivity contribution in [3.63, 3.8) is 0 Å². The molecule has 5 unspecified atom stereocenters. The van der Waals surface area contributed by atoms with Gasteiger partial charge in [0.05, 0.1) is 37.1 Å². The molecule has 1 aromatic heterocycles. The number of nitrogens with zero attached hydrogens (tertiary/aromatic N) is 2. The van der Waals surface area contributed by atoms with Gasteiger partial charge in [-0.1, -0.05) is 34.6 Å². The van der Waals surface area contributed by atoms with Gasteiger partial charge in [0.1, 0.15) is 6.10 Å². The van der Waals surface area contributed by atoms with Gasteiger partial charge in [0.25, 0.3) is 5.91 Å². The molecule has 2 aliphatic heterocycles. The van der Waals surface area contributed by atoms with Crippen molar-refractivity contribution in [3.05, 3.63) is 30.1 Å². The van der Waals surface area contributed by atoms with Crippen LogP contribution in [0.15, 0.2) is 24.5 Å². The molecule has 5 saturated carbocycles. The maximum absolute atomic E-state index is 13.2. The first-order chi connectivity index (χ1) is 22.6. The highest BCUT2D eigenvalue weighted by Crippen LogP contribution is 2.89. The van der Waals surface area contributed by atoms with Crippen LogP contribution in [0.25, 0.3) is 0 Å². The molecular formula is C40H60N2O6. The number of carbonyl (C=O) groups excluding carboxylic acids is 1. The third kappa shape index (κ3) is 4.57. The summed E-state index contributed by atoms with van der Waals surface area (Å²) in [5.74, 6) is 2.29. The normalized spacial score (nSPS) is 48.3. The first-order valence-electron chi connectivity index (χ1n) is 19.1. The molecule has 7 aliphatic rings. The summed E-state index contributed by atoms with van der Waals surface area (Å²) in [6.45, 7) is 17.5. The van der Waals surface area contributed by atoms with Gasteiger partial charge in [0.15, 0.2) is 6.29 Å². The Labute approximate surface area is 287 Å². The molecule has 266 valence electrons. The smallest absolute Gasteiger partial charge is 0.254 e. The maximum Gasteiger partial charge on any atom is 0.254 e. The zero-order valence-corrected chi connectivity index (χ0v) is 30.4. The molecule has 3 heterocycles. The molecule has 13 atom stereocenters. The van der Waals surface area contributed by atoms with Crippen LogP contribution in [0.5, 0.6) is 0 Å². The van der Waals surface area contributed by atoms with Crippen LogP contribution in [0, 0.1) is 50.7 Å².